The second-order valence-electron chi connectivity index (χ2n) is 10.5. The van der Waals surface area contributed by atoms with Crippen molar-refractivity contribution in [1.29, 1.82) is 0 Å². The maximum absolute atomic E-state index is 12.8. The van der Waals surface area contributed by atoms with Gasteiger partial charge in [0.2, 0.25) is 0 Å². The predicted octanol–water partition coefficient (Wildman–Crippen LogP) is 0.318. The largest absolute Gasteiger partial charge is 0.459 e. The number of hydrogen-bond acceptors (Lipinski definition) is 10. The number of esters is 3. The smallest absolute Gasteiger partial charge is 0.342 e. The van der Waals surface area contributed by atoms with Crippen molar-refractivity contribution in [2.24, 2.45) is 11.3 Å². The molecular weight excluding hydrogens is 448 g/mol. The summed E-state index contributed by atoms with van der Waals surface area (Å²) < 4.78 is 22.9. The molecule has 1 spiro atoms. The Morgan fingerprint density at radius 1 is 1.12 bits per heavy atom. The Morgan fingerprint density at radius 3 is 2.29 bits per heavy atom. The summed E-state index contributed by atoms with van der Waals surface area (Å²) in [5, 5.41) is 33.9. The van der Waals surface area contributed by atoms with Crippen LogP contribution in [-0.2, 0) is 33.3 Å². The van der Waals surface area contributed by atoms with Crippen LogP contribution in [0.25, 0.3) is 0 Å². The SMILES string of the molecule is CC(=O)O[C@@H]1C/C(C)=C\[C@@H]2OC(=O)[C@]3(C)O[C@]23[C@@H](OC(C)=O)[C@H]2[C@](C)(O)[C@H](O)C=C[C@]2(C)[C@H]1O. The van der Waals surface area contributed by atoms with E-state index in [1.54, 1.807) is 19.9 Å². The normalized spacial score (nSPS) is 51.1. The number of fused-ring (bicyclic) bond motifs is 1. The summed E-state index contributed by atoms with van der Waals surface area (Å²) in [6.45, 7) is 8.66. The molecule has 0 amide bonds. The van der Waals surface area contributed by atoms with Crippen molar-refractivity contribution in [2.75, 3.05) is 0 Å². The van der Waals surface area contributed by atoms with Crippen LogP contribution >= 0.6 is 0 Å². The summed E-state index contributed by atoms with van der Waals surface area (Å²) in [5.74, 6) is -3.16. The zero-order valence-corrected chi connectivity index (χ0v) is 20.1. The van der Waals surface area contributed by atoms with E-state index in [1.165, 1.54) is 39.8 Å². The number of carbonyl (C=O) groups excluding carboxylic acids is 3. The zero-order chi connectivity index (χ0) is 25.4. The molecule has 4 rings (SSSR count). The van der Waals surface area contributed by atoms with Crippen LogP contribution in [0.2, 0.25) is 0 Å². The first-order valence-corrected chi connectivity index (χ1v) is 11.3. The third-order valence-corrected chi connectivity index (χ3v) is 7.94. The van der Waals surface area contributed by atoms with E-state index in [2.05, 4.69) is 0 Å². The number of carbonyl (C=O) groups is 3. The van der Waals surface area contributed by atoms with Gasteiger partial charge in [-0.1, -0.05) is 24.6 Å². The van der Waals surface area contributed by atoms with Gasteiger partial charge in [0, 0.05) is 31.6 Å². The monoisotopic (exact) mass is 480 g/mol. The Balaban J connectivity index is 2.00. The first-order chi connectivity index (χ1) is 15.6. The lowest BCUT2D eigenvalue weighted by Gasteiger charge is -2.54. The van der Waals surface area contributed by atoms with E-state index in [9.17, 15) is 29.7 Å². The summed E-state index contributed by atoms with van der Waals surface area (Å²) in [6.07, 6.45) is -1.48. The molecule has 0 bridgehead atoms. The predicted molar refractivity (Wildman–Crippen MR) is 115 cm³/mol. The molecule has 0 aromatic rings. The molecule has 0 aromatic heterocycles. The van der Waals surface area contributed by atoms with Crippen LogP contribution in [0, 0.1) is 11.3 Å². The lowest BCUT2D eigenvalue weighted by atomic mass is 9.55. The fourth-order valence-corrected chi connectivity index (χ4v) is 6.19. The minimum atomic E-state index is -1.94. The number of epoxide rings is 1. The number of rotatable bonds is 2. The van der Waals surface area contributed by atoms with Gasteiger partial charge in [-0.05, 0) is 26.8 Å². The highest BCUT2D eigenvalue weighted by atomic mass is 16.7. The van der Waals surface area contributed by atoms with Crippen LogP contribution < -0.4 is 0 Å². The minimum absolute atomic E-state index is 0.112. The standard InChI is InChI=1S/C24H32O10/c1-11-9-14(31-12(2)25)18(28)21(4)8-7-15(27)22(5,30)17(21)19(32-13(3)26)24-16(10-11)33-20(29)23(24,6)34-24/h7-8,10,14-19,27-28,30H,9H2,1-6H3/b11-10-/t14-,15-,16+,17-,18+,19+,21+,22-,23+,24+/m1/s1. The molecule has 3 N–H and O–H groups in total. The van der Waals surface area contributed by atoms with Crippen LogP contribution in [0.15, 0.2) is 23.8 Å². The Hall–Kier alpha value is -2.27. The van der Waals surface area contributed by atoms with Gasteiger partial charge in [-0.25, -0.2) is 4.79 Å². The van der Waals surface area contributed by atoms with Crippen molar-refractivity contribution in [3.8, 4) is 0 Å². The maximum atomic E-state index is 12.8. The molecule has 2 aliphatic heterocycles. The van der Waals surface area contributed by atoms with Crippen molar-refractivity contribution < 1.29 is 48.7 Å². The van der Waals surface area contributed by atoms with Crippen LogP contribution in [0.1, 0.15) is 48.0 Å². The van der Waals surface area contributed by atoms with E-state index < -0.39 is 76.6 Å². The molecule has 34 heavy (non-hydrogen) atoms. The molecule has 10 atom stereocenters. The van der Waals surface area contributed by atoms with E-state index >= 15 is 0 Å². The topological polar surface area (TPSA) is 152 Å². The summed E-state index contributed by atoms with van der Waals surface area (Å²) in [5.41, 5.74) is -5.64. The Morgan fingerprint density at radius 2 is 1.74 bits per heavy atom. The molecule has 2 saturated heterocycles. The molecular formula is C24H32O10. The summed E-state index contributed by atoms with van der Waals surface area (Å²) in [6, 6.07) is 0. The third kappa shape index (κ3) is 3.26. The molecule has 0 radical (unpaired) electrons. The molecule has 2 fully saturated rings. The second-order valence-corrected chi connectivity index (χ2v) is 10.5. The summed E-state index contributed by atoms with van der Waals surface area (Å²) in [7, 11) is 0. The first-order valence-electron chi connectivity index (χ1n) is 11.3. The number of hydrogen-bond donors (Lipinski definition) is 3. The van der Waals surface area contributed by atoms with Gasteiger partial charge in [0.05, 0.1) is 5.60 Å². The summed E-state index contributed by atoms with van der Waals surface area (Å²) in [4.78, 5) is 37.0. The fraction of sp³-hybridized carbons (Fsp3) is 0.708. The van der Waals surface area contributed by atoms with E-state index in [0.29, 0.717) is 5.57 Å². The lowest BCUT2D eigenvalue weighted by molar-refractivity contribution is -0.217. The van der Waals surface area contributed by atoms with Gasteiger partial charge in [0.15, 0.2) is 17.3 Å². The van der Waals surface area contributed by atoms with Gasteiger partial charge in [-0.3, -0.25) is 9.59 Å². The van der Waals surface area contributed by atoms with E-state index in [0.717, 1.165) is 0 Å². The molecule has 2 aliphatic carbocycles. The van der Waals surface area contributed by atoms with Crippen molar-refractivity contribution in [2.45, 2.75) is 95.3 Å². The van der Waals surface area contributed by atoms with Gasteiger partial charge >= 0.3 is 17.9 Å². The first kappa shape index (κ1) is 24.8. The molecule has 0 aromatic carbocycles. The molecule has 0 saturated carbocycles. The van der Waals surface area contributed by atoms with E-state index in [4.69, 9.17) is 18.9 Å². The summed E-state index contributed by atoms with van der Waals surface area (Å²) >= 11 is 0. The third-order valence-electron chi connectivity index (χ3n) is 7.94. The molecule has 10 heteroatoms. The highest BCUT2D eigenvalue weighted by Gasteiger charge is 2.87. The van der Waals surface area contributed by atoms with E-state index in [1.807, 2.05) is 0 Å². The highest BCUT2D eigenvalue weighted by molar-refractivity contribution is 5.89. The quantitative estimate of drug-likeness (QED) is 0.218. The van der Waals surface area contributed by atoms with Crippen LogP contribution in [0.4, 0.5) is 0 Å². The van der Waals surface area contributed by atoms with Crippen molar-refractivity contribution in [3.05, 3.63) is 23.8 Å². The molecule has 0 unspecified atom stereocenters. The molecule has 2 heterocycles. The Kier molecular flexibility index (Phi) is 5.56. The number of ether oxygens (including phenoxy) is 4. The Labute approximate surface area is 197 Å². The van der Waals surface area contributed by atoms with Crippen LogP contribution in [-0.4, -0.2) is 80.6 Å². The van der Waals surface area contributed by atoms with Gasteiger partial charge in [-0.2, -0.15) is 0 Å². The van der Waals surface area contributed by atoms with Crippen LogP contribution in [0.5, 0.6) is 0 Å². The van der Waals surface area contributed by atoms with Gasteiger partial charge in [0.25, 0.3) is 0 Å². The minimum Gasteiger partial charge on any atom is -0.459 e. The second kappa shape index (κ2) is 7.61. The number of aliphatic hydroxyl groups is 3. The fourth-order valence-electron chi connectivity index (χ4n) is 6.19. The average molecular weight is 481 g/mol. The van der Waals surface area contributed by atoms with Crippen molar-refractivity contribution in [3.63, 3.8) is 0 Å². The lowest BCUT2D eigenvalue weighted by Crippen LogP contribution is -2.67. The maximum Gasteiger partial charge on any atom is 0.342 e. The molecule has 4 aliphatic rings. The zero-order valence-electron chi connectivity index (χ0n) is 20.1. The van der Waals surface area contributed by atoms with Gasteiger partial charge in [-0.15, -0.1) is 0 Å². The van der Waals surface area contributed by atoms with Gasteiger partial charge < -0.3 is 34.3 Å². The van der Waals surface area contributed by atoms with E-state index in [-0.39, 0.29) is 6.42 Å². The highest BCUT2D eigenvalue weighted by Crippen LogP contribution is 2.65. The molecule has 188 valence electrons. The van der Waals surface area contributed by atoms with Crippen molar-refractivity contribution in [1.82, 2.24) is 0 Å². The van der Waals surface area contributed by atoms with Gasteiger partial charge in [0.1, 0.15) is 24.4 Å². The van der Waals surface area contributed by atoms with Crippen LogP contribution in [0.3, 0.4) is 0 Å². The number of aliphatic hydroxyl groups excluding tert-OH is 2. The Bertz CT molecular complexity index is 984. The molecule has 10 nitrogen and oxygen atoms in total. The average Bonchev–Trinajstić information content (AvgIpc) is 3.29. The van der Waals surface area contributed by atoms with Crippen molar-refractivity contribution >= 4 is 17.9 Å².